The van der Waals surface area contributed by atoms with E-state index in [0.29, 0.717) is 0 Å². The van der Waals surface area contributed by atoms with Crippen molar-refractivity contribution in [2.75, 3.05) is 19.6 Å². The number of benzene rings is 1. The molecule has 0 aromatic heterocycles. The maximum atomic E-state index is 9.33. The number of hydrogen-bond donors (Lipinski definition) is 2. The molecule has 1 atom stereocenters. The van der Waals surface area contributed by atoms with Crippen LogP contribution in [0.15, 0.2) is 30.5 Å². The first-order chi connectivity index (χ1) is 7.63. The van der Waals surface area contributed by atoms with E-state index in [4.69, 9.17) is 4.89 Å². The van der Waals surface area contributed by atoms with Gasteiger partial charge in [-0.3, -0.25) is 15.0 Å². The normalized spacial score (nSPS) is 14.3. The second-order valence-electron chi connectivity index (χ2n) is 3.10. The molecule has 0 aliphatic carbocycles. The molecule has 0 radical (unpaired) electrons. The number of nitrogens with one attached hydrogen (secondary N) is 1. The van der Waals surface area contributed by atoms with Gasteiger partial charge in [-0.1, -0.05) is 18.2 Å². The van der Waals surface area contributed by atoms with E-state index >= 15 is 0 Å². The molecule has 1 aliphatic heterocycles. The van der Waals surface area contributed by atoms with Gasteiger partial charge in [0, 0.05) is 25.9 Å². The summed E-state index contributed by atoms with van der Waals surface area (Å²) in [6.07, 6.45) is 4.09. The number of hydrazine groups is 1. The van der Waals surface area contributed by atoms with Crippen LogP contribution >= 0.6 is 8.25 Å². The highest BCUT2D eigenvalue weighted by molar-refractivity contribution is 7.32. The van der Waals surface area contributed by atoms with Gasteiger partial charge in [0.2, 0.25) is 0 Å². The fourth-order valence-corrected chi connectivity index (χ4v) is 1.16. The third-order valence-electron chi connectivity index (χ3n) is 1.91. The summed E-state index contributed by atoms with van der Waals surface area (Å²) in [5, 5.41) is 1.93. The van der Waals surface area contributed by atoms with Crippen LogP contribution in [-0.2, 0) is 9.09 Å². The minimum Gasteiger partial charge on any atom is -0.326 e. The van der Waals surface area contributed by atoms with Crippen molar-refractivity contribution in [3.8, 4) is 0 Å². The molecule has 2 N–H and O–H groups in total. The van der Waals surface area contributed by atoms with Crippen molar-refractivity contribution in [3.63, 3.8) is 0 Å². The first-order valence-corrected chi connectivity index (χ1v) is 5.93. The van der Waals surface area contributed by atoms with Gasteiger partial charge in [0.25, 0.3) is 0 Å². The Kier molecular flexibility index (Phi) is 5.05. The zero-order valence-electron chi connectivity index (χ0n) is 9.18. The van der Waals surface area contributed by atoms with Crippen LogP contribution in [0.3, 0.4) is 0 Å². The molecule has 2 rings (SSSR count). The molecule has 0 amide bonds. The lowest BCUT2D eigenvalue weighted by Gasteiger charge is -2.22. The molecule has 1 heterocycles. The van der Waals surface area contributed by atoms with Crippen LogP contribution in [-0.4, -0.2) is 24.1 Å². The fourth-order valence-electron chi connectivity index (χ4n) is 1.16. The Morgan fingerprint density at radius 1 is 1.44 bits per heavy atom. The molecule has 1 aliphatic rings. The summed E-state index contributed by atoms with van der Waals surface area (Å²) in [4.78, 5) is 7.69. The van der Waals surface area contributed by atoms with E-state index in [-0.39, 0.29) is 0 Å². The fraction of sp³-hybridized carbons (Fsp3) is 0.200. The predicted molar refractivity (Wildman–Crippen MR) is 65.1 cm³/mol. The zero-order valence-corrected chi connectivity index (χ0v) is 10.2. The third kappa shape index (κ3) is 4.06. The monoisotopic (exact) mass is 242 g/mol. The number of hydrogen-bond acceptors (Lipinski definition) is 4. The highest BCUT2D eigenvalue weighted by Gasteiger charge is 2.03. The Labute approximate surface area is 95.3 Å². The molecule has 0 saturated carbocycles. The number of anilines is 1. The molecule has 0 spiro atoms. The predicted octanol–water partition coefficient (Wildman–Crippen LogP) is 1.94. The van der Waals surface area contributed by atoms with Crippen LogP contribution in [0, 0.1) is 0 Å². The smallest absolute Gasteiger partial charge is 0.316 e. The van der Waals surface area contributed by atoms with Crippen molar-refractivity contribution in [3.05, 3.63) is 36.0 Å². The van der Waals surface area contributed by atoms with Gasteiger partial charge in [-0.15, -0.1) is 0 Å². The van der Waals surface area contributed by atoms with Crippen LogP contribution in [0.5, 0.6) is 0 Å². The van der Waals surface area contributed by atoms with Crippen LogP contribution in [0.2, 0.25) is 0 Å². The topological polar surface area (TPSA) is 61.8 Å². The zero-order chi connectivity index (χ0) is 12.0. The second-order valence-corrected chi connectivity index (χ2v) is 4.04. The summed E-state index contributed by atoms with van der Waals surface area (Å²) in [5.41, 5.74) is 5.61. The summed E-state index contributed by atoms with van der Waals surface area (Å²) in [6, 6.07) is 8.22. The summed E-state index contributed by atoms with van der Waals surface area (Å²) in [5.74, 6) is 0. The van der Waals surface area contributed by atoms with E-state index < -0.39 is 8.25 Å². The molecule has 5 nitrogen and oxygen atoms in total. The van der Waals surface area contributed by atoms with Gasteiger partial charge < -0.3 is 9.42 Å². The Hall–Kier alpha value is -1.29. The highest BCUT2D eigenvalue weighted by Crippen LogP contribution is 2.20. The number of nitrogens with zero attached hydrogens (tertiary/aromatic N) is 1. The van der Waals surface area contributed by atoms with Crippen molar-refractivity contribution in [2.45, 2.75) is 0 Å². The van der Waals surface area contributed by atoms with Crippen molar-refractivity contribution in [1.29, 1.82) is 0 Å². The molecule has 1 unspecified atom stereocenters. The SMILES string of the molecule is CN1C=Cc2ccccc2N1.CO[PH](=O)O. The van der Waals surface area contributed by atoms with Gasteiger partial charge >= 0.3 is 8.25 Å². The molecule has 16 heavy (non-hydrogen) atoms. The average Bonchev–Trinajstić information content (AvgIpc) is 2.29. The molecular weight excluding hydrogens is 227 g/mol. The van der Waals surface area contributed by atoms with Gasteiger partial charge in [-0.2, -0.15) is 0 Å². The molecule has 1 aromatic carbocycles. The van der Waals surface area contributed by atoms with Gasteiger partial charge in [-0.25, -0.2) is 0 Å². The average molecular weight is 242 g/mol. The number of rotatable bonds is 1. The lowest BCUT2D eigenvalue weighted by Crippen LogP contribution is -2.21. The van der Waals surface area contributed by atoms with E-state index in [0.717, 1.165) is 5.69 Å². The van der Waals surface area contributed by atoms with E-state index in [1.807, 2.05) is 30.4 Å². The lowest BCUT2D eigenvalue weighted by molar-refractivity contribution is 0.343. The van der Waals surface area contributed by atoms with Gasteiger partial charge in [0.1, 0.15) is 0 Å². The molecule has 0 fully saturated rings. The maximum Gasteiger partial charge on any atom is 0.316 e. The van der Waals surface area contributed by atoms with Gasteiger partial charge in [0.05, 0.1) is 5.69 Å². The quantitative estimate of drug-likeness (QED) is 0.737. The van der Waals surface area contributed by atoms with E-state index in [1.54, 1.807) is 0 Å². The molecule has 0 saturated heterocycles. The van der Waals surface area contributed by atoms with Crippen LogP contribution in [0.4, 0.5) is 5.69 Å². The van der Waals surface area contributed by atoms with Crippen molar-refractivity contribution < 1.29 is 14.0 Å². The van der Waals surface area contributed by atoms with E-state index in [1.165, 1.54) is 12.7 Å². The third-order valence-corrected chi connectivity index (χ3v) is 2.26. The Bertz CT molecular complexity index is 395. The van der Waals surface area contributed by atoms with Crippen molar-refractivity contribution in [1.82, 2.24) is 5.01 Å². The summed E-state index contributed by atoms with van der Waals surface area (Å²) in [7, 11) is 0.536. The molecule has 6 heteroatoms. The standard InChI is InChI=1S/C9H10N2.CH5O3P/c1-11-7-6-8-4-2-3-5-9(8)10-11;1-4-5(2)3/h2-7,10H,1H3;5H,1H3,(H,2,3). The molecule has 1 aromatic rings. The molecule has 0 bridgehead atoms. The Balaban J connectivity index is 0.000000221. The largest absolute Gasteiger partial charge is 0.326 e. The summed E-state index contributed by atoms with van der Waals surface area (Å²) < 4.78 is 13.2. The van der Waals surface area contributed by atoms with E-state index in [9.17, 15) is 4.57 Å². The first-order valence-electron chi connectivity index (χ1n) is 4.67. The van der Waals surface area contributed by atoms with Gasteiger partial charge in [-0.05, 0) is 12.1 Å². The second kappa shape index (κ2) is 6.33. The number of fused-ring (bicyclic) bond motifs is 1. The maximum absolute atomic E-state index is 9.33. The lowest BCUT2D eigenvalue weighted by atomic mass is 10.1. The summed E-state index contributed by atoms with van der Waals surface area (Å²) in [6.45, 7) is 0. The minimum atomic E-state index is -2.62. The van der Waals surface area contributed by atoms with Gasteiger partial charge in [0.15, 0.2) is 0 Å². The minimum absolute atomic E-state index is 1.16. The first kappa shape index (κ1) is 12.8. The molecular formula is C10H15N2O3P. The van der Waals surface area contributed by atoms with Crippen LogP contribution in [0.25, 0.3) is 6.08 Å². The molecule has 88 valence electrons. The summed E-state index contributed by atoms with van der Waals surface area (Å²) >= 11 is 0. The Morgan fingerprint density at radius 2 is 2.06 bits per heavy atom. The Morgan fingerprint density at radius 3 is 2.69 bits per heavy atom. The van der Waals surface area contributed by atoms with Crippen molar-refractivity contribution >= 4 is 20.0 Å². The highest BCUT2D eigenvalue weighted by atomic mass is 31.1. The van der Waals surface area contributed by atoms with Crippen LogP contribution in [0.1, 0.15) is 5.56 Å². The van der Waals surface area contributed by atoms with Crippen LogP contribution < -0.4 is 5.43 Å². The van der Waals surface area contributed by atoms with Crippen molar-refractivity contribution in [2.24, 2.45) is 0 Å². The number of para-hydroxylation sites is 1. The van der Waals surface area contributed by atoms with E-state index in [2.05, 4.69) is 28.2 Å².